The minimum absolute atomic E-state index is 0.115. The molecule has 1 aromatic carbocycles. The van der Waals surface area contributed by atoms with Crippen molar-refractivity contribution in [2.45, 2.75) is 26.4 Å². The van der Waals surface area contributed by atoms with E-state index in [1.807, 2.05) is 26.0 Å². The van der Waals surface area contributed by atoms with Gasteiger partial charge in [0.1, 0.15) is 11.9 Å². The molecule has 100 valence electrons. The van der Waals surface area contributed by atoms with Gasteiger partial charge in [-0.1, -0.05) is 13.8 Å². The summed E-state index contributed by atoms with van der Waals surface area (Å²) in [6.45, 7) is 5.52. The van der Waals surface area contributed by atoms with Crippen LogP contribution in [0.25, 0.3) is 0 Å². The fourth-order valence-corrected chi connectivity index (χ4v) is 1.96. The van der Waals surface area contributed by atoms with E-state index >= 15 is 0 Å². The Hall–Kier alpha value is -1.26. The number of rotatable bonds is 5. The Morgan fingerprint density at radius 1 is 1.50 bits per heavy atom. The first-order valence-corrected chi connectivity index (χ1v) is 6.38. The summed E-state index contributed by atoms with van der Waals surface area (Å²) in [6, 6.07) is 6.10. The molecule has 1 aromatic rings. The zero-order valence-electron chi connectivity index (χ0n) is 11.1. The van der Waals surface area contributed by atoms with Gasteiger partial charge in [0.05, 0.1) is 0 Å². The maximum absolute atomic E-state index is 9.22. The molecule has 1 aliphatic heterocycles. The number of nitrogens with one attached hydrogen (secondary N) is 1. The molecular weight excluding hydrogens is 228 g/mol. The number of nitrogens with two attached hydrogens (primary N) is 1. The lowest BCUT2D eigenvalue weighted by atomic mass is 9.95. The highest BCUT2D eigenvalue weighted by atomic mass is 16.5. The molecule has 0 saturated carbocycles. The maximum Gasteiger partial charge on any atom is 0.123 e. The molecule has 1 atom stereocenters. The zero-order chi connectivity index (χ0) is 13.2. The number of aliphatic hydroxyl groups excluding tert-OH is 1. The summed E-state index contributed by atoms with van der Waals surface area (Å²) in [6.07, 6.45) is 0.995. The second-order valence-electron chi connectivity index (χ2n) is 5.68. The van der Waals surface area contributed by atoms with Crippen LogP contribution in [0.3, 0.4) is 0 Å². The van der Waals surface area contributed by atoms with Gasteiger partial charge in [0.2, 0.25) is 0 Å². The second kappa shape index (κ2) is 5.16. The fourth-order valence-electron chi connectivity index (χ4n) is 1.96. The van der Waals surface area contributed by atoms with E-state index in [9.17, 15) is 5.11 Å². The molecule has 4 N–H and O–H groups in total. The van der Waals surface area contributed by atoms with Crippen LogP contribution in [0.5, 0.6) is 5.75 Å². The van der Waals surface area contributed by atoms with E-state index in [0.717, 1.165) is 24.4 Å². The van der Waals surface area contributed by atoms with E-state index in [1.54, 1.807) is 0 Å². The van der Waals surface area contributed by atoms with Crippen molar-refractivity contribution in [1.82, 2.24) is 0 Å². The summed E-state index contributed by atoms with van der Waals surface area (Å²) in [7, 11) is 0. The van der Waals surface area contributed by atoms with Gasteiger partial charge in [-0.05, 0) is 23.8 Å². The van der Waals surface area contributed by atoms with E-state index in [1.165, 1.54) is 5.56 Å². The summed E-state index contributed by atoms with van der Waals surface area (Å²) < 4.78 is 5.68. The van der Waals surface area contributed by atoms with Crippen LogP contribution in [0.1, 0.15) is 19.4 Å². The second-order valence-corrected chi connectivity index (χ2v) is 5.68. The molecule has 0 aromatic heterocycles. The van der Waals surface area contributed by atoms with E-state index in [2.05, 4.69) is 11.4 Å². The minimum atomic E-state index is -0.116. The van der Waals surface area contributed by atoms with Gasteiger partial charge in [0.15, 0.2) is 0 Å². The third-order valence-corrected chi connectivity index (χ3v) is 3.26. The predicted molar refractivity (Wildman–Crippen MR) is 73.0 cm³/mol. The van der Waals surface area contributed by atoms with E-state index in [0.29, 0.717) is 6.54 Å². The Balaban J connectivity index is 2.01. The third kappa shape index (κ3) is 2.94. The predicted octanol–water partition coefficient (Wildman–Crippen LogP) is 1.38. The first-order chi connectivity index (χ1) is 8.54. The molecule has 0 saturated heterocycles. The Morgan fingerprint density at radius 3 is 2.94 bits per heavy atom. The monoisotopic (exact) mass is 250 g/mol. The highest BCUT2D eigenvalue weighted by Crippen LogP contribution is 2.31. The quantitative estimate of drug-likeness (QED) is 0.738. The van der Waals surface area contributed by atoms with Gasteiger partial charge in [-0.15, -0.1) is 0 Å². The van der Waals surface area contributed by atoms with Crippen molar-refractivity contribution in [2.75, 3.05) is 25.0 Å². The molecule has 1 aliphatic rings. The summed E-state index contributed by atoms with van der Waals surface area (Å²) in [4.78, 5) is 0. The van der Waals surface area contributed by atoms with Crippen LogP contribution < -0.4 is 15.8 Å². The topological polar surface area (TPSA) is 67.5 Å². The standard InChI is InChI=1S/C14H22N2O2/c1-14(2,9-17)8-16-11-3-4-13-10(5-11)6-12(7-15)18-13/h3-5,12,16-17H,6-9,15H2,1-2H3. The normalized spacial score (nSPS) is 18.3. The van der Waals surface area contributed by atoms with Crippen molar-refractivity contribution in [2.24, 2.45) is 11.1 Å². The smallest absolute Gasteiger partial charge is 0.123 e. The third-order valence-electron chi connectivity index (χ3n) is 3.26. The van der Waals surface area contributed by atoms with Gasteiger partial charge in [-0.2, -0.15) is 0 Å². The summed E-state index contributed by atoms with van der Waals surface area (Å²) >= 11 is 0. The van der Waals surface area contributed by atoms with Crippen molar-refractivity contribution in [3.63, 3.8) is 0 Å². The number of ether oxygens (including phenoxy) is 1. The van der Waals surface area contributed by atoms with Crippen molar-refractivity contribution in [1.29, 1.82) is 0 Å². The lowest BCUT2D eigenvalue weighted by Gasteiger charge is -2.22. The number of fused-ring (bicyclic) bond motifs is 1. The minimum Gasteiger partial charge on any atom is -0.488 e. The van der Waals surface area contributed by atoms with Gasteiger partial charge in [-0.25, -0.2) is 0 Å². The first kappa shape index (κ1) is 13.2. The fraction of sp³-hybridized carbons (Fsp3) is 0.571. The molecule has 0 aliphatic carbocycles. The molecular formula is C14H22N2O2. The average molecular weight is 250 g/mol. The molecule has 0 spiro atoms. The van der Waals surface area contributed by atoms with Gasteiger partial charge < -0.3 is 20.9 Å². The van der Waals surface area contributed by atoms with Crippen molar-refractivity contribution in [3.05, 3.63) is 23.8 Å². The molecule has 1 unspecified atom stereocenters. The van der Waals surface area contributed by atoms with Crippen molar-refractivity contribution in [3.8, 4) is 5.75 Å². The molecule has 4 nitrogen and oxygen atoms in total. The van der Waals surface area contributed by atoms with E-state index in [4.69, 9.17) is 10.5 Å². The number of aliphatic hydroxyl groups is 1. The Bertz CT molecular complexity index is 418. The van der Waals surface area contributed by atoms with Gasteiger partial charge >= 0.3 is 0 Å². The highest BCUT2D eigenvalue weighted by Gasteiger charge is 2.22. The summed E-state index contributed by atoms with van der Waals surface area (Å²) in [5.41, 5.74) is 7.77. The van der Waals surface area contributed by atoms with Gasteiger partial charge in [0, 0.05) is 37.2 Å². The van der Waals surface area contributed by atoms with Gasteiger partial charge in [-0.3, -0.25) is 0 Å². The van der Waals surface area contributed by atoms with Crippen LogP contribution >= 0.6 is 0 Å². The van der Waals surface area contributed by atoms with Crippen LogP contribution in [-0.2, 0) is 6.42 Å². The number of benzene rings is 1. The van der Waals surface area contributed by atoms with E-state index < -0.39 is 0 Å². The summed E-state index contributed by atoms with van der Waals surface area (Å²) in [5, 5.41) is 12.6. The SMILES string of the molecule is CC(C)(CO)CNc1ccc2c(c1)CC(CN)O2. The molecule has 0 radical (unpaired) electrons. The van der Waals surface area contributed by atoms with Crippen LogP contribution in [0.2, 0.25) is 0 Å². The average Bonchev–Trinajstić information content (AvgIpc) is 2.78. The van der Waals surface area contributed by atoms with Crippen LogP contribution in [0.15, 0.2) is 18.2 Å². The Kier molecular flexibility index (Phi) is 3.78. The molecule has 18 heavy (non-hydrogen) atoms. The molecule has 2 rings (SSSR count). The molecule has 0 bridgehead atoms. The zero-order valence-corrected chi connectivity index (χ0v) is 11.1. The summed E-state index contributed by atoms with van der Waals surface area (Å²) in [5.74, 6) is 0.942. The number of hydrogen-bond acceptors (Lipinski definition) is 4. The Labute approximate surface area is 108 Å². The first-order valence-electron chi connectivity index (χ1n) is 6.38. The lowest BCUT2D eigenvalue weighted by Crippen LogP contribution is -2.26. The van der Waals surface area contributed by atoms with Crippen LogP contribution in [-0.4, -0.2) is 30.9 Å². The highest BCUT2D eigenvalue weighted by molar-refractivity contribution is 5.53. The number of hydrogen-bond donors (Lipinski definition) is 3. The van der Waals surface area contributed by atoms with Crippen molar-refractivity contribution >= 4 is 5.69 Å². The Morgan fingerprint density at radius 2 is 2.28 bits per heavy atom. The van der Waals surface area contributed by atoms with Crippen LogP contribution in [0.4, 0.5) is 5.69 Å². The molecule has 0 fully saturated rings. The van der Waals surface area contributed by atoms with E-state index in [-0.39, 0.29) is 18.1 Å². The maximum atomic E-state index is 9.22. The number of anilines is 1. The molecule has 1 heterocycles. The largest absolute Gasteiger partial charge is 0.488 e. The lowest BCUT2D eigenvalue weighted by molar-refractivity contribution is 0.171. The van der Waals surface area contributed by atoms with Gasteiger partial charge in [0.25, 0.3) is 0 Å². The molecule has 4 heteroatoms. The van der Waals surface area contributed by atoms with Crippen molar-refractivity contribution < 1.29 is 9.84 Å². The van der Waals surface area contributed by atoms with Crippen LogP contribution in [0, 0.1) is 5.41 Å². The molecule has 0 amide bonds.